The average molecular weight is 277 g/mol. The Morgan fingerprint density at radius 3 is 2.50 bits per heavy atom. The van der Waals surface area contributed by atoms with Gasteiger partial charge in [0.15, 0.2) is 5.84 Å². The van der Waals surface area contributed by atoms with Crippen molar-refractivity contribution in [2.24, 2.45) is 16.8 Å². The van der Waals surface area contributed by atoms with Crippen LogP contribution in [0.2, 0.25) is 0 Å². The number of aryl methyl sites for hydroxylation is 1. The highest BCUT2D eigenvalue weighted by molar-refractivity contribution is 5.97. The van der Waals surface area contributed by atoms with Gasteiger partial charge in [0, 0.05) is 18.2 Å². The Morgan fingerprint density at radius 1 is 1.35 bits per heavy atom. The van der Waals surface area contributed by atoms with Crippen molar-refractivity contribution in [2.45, 2.75) is 53.1 Å². The Bertz CT molecular complexity index is 453. The lowest BCUT2D eigenvalue weighted by Gasteiger charge is -2.23. The Morgan fingerprint density at radius 2 is 2.00 bits per heavy atom. The molecule has 0 saturated carbocycles. The van der Waals surface area contributed by atoms with Crippen LogP contribution >= 0.6 is 0 Å². The molecule has 0 radical (unpaired) electrons. The molecule has 4 heteroatoms. The molecule has 0 amide bonds. The first-order valence-electron chi connectivity index (χ1n) is 7.34. The van der Waals surface area contributed by atoms with E-state index in [1.165, 1.54) is 18.4 Å². The standard InChI is InChI=1S/C16H27N3O/c1-5-13(6-2)12(4)18-10-15-8-7-14(9-11(15)3)16(17)19-20/h7-9,12-13,18,20H,5-6,10H2,1-4H3,(H2,17,19). The molecular weight excluding hydrogens is 250 g/mol. The molecule has 1 unspecified atom stereocenters. The van der Waals surface area contributed by atoms with Gasteiger partial charge in [-0.05, 0) is 37.0 Å². The second kappa shape index (κ2) is 7.90. The summed E-state index contributed by atoms with van der Waals surface area (Å²) in [5.41, 5.74) is 8.75. The predicted molar refractivity (Wildman–Crippen MR) is 84.1 cm³/mol. The van der Waals surface area contributed by atoms with Crippen molar-refractivity contribution in [2.75, 3.05) is 0 Å². The highest BCUT2D eigenvalue weighted by Gasteiger charge is 2.13. The minimum absolute atomic E-state index is 0.151. The fraction of sp³-hybridized carbons (Fsp3) is 0.562. The summed E-state index contributed by atoms with van der Waals surface area (Å²) in [4.78, 5) is 0. The number of rotatable bonds is 7. The van der Waals surface area contributed by atoms with Crippen LogP contribution < -0.4 is 11.1 Å². The van der Waals surface area contributed by atoms with Crippen molar-refractivity contribution >= 4 is 5.84 Å². The van der Waals surface area contributed by atoms with Crippen molar-refractivity contribution in [3.05, 3.63) is 34.9 Å². The summed E-state index contributed by atoms with van der Waals surface area (Å²) < 4.78 is 0. The molecule has 1 aromatic carbocycles. The van der Waals surface area contributed by atoms with Crippen molar-refractivity contribution in [3.63, 3.8) is 0 Å². The molecule has 1 rings (SSSR count). The molecule has 0 aromatic heterocycles. The zero-order valence-corrected chi connectivity index (χ0v) is 13.0. The van der Waals surface area contributed by atoms with E-state index in [2.05, 4.69) is 31.2 Å². The molecule has 4 N–H and O–H groups in total. The smallest absolute Gasteiger partial charge is 0.170 e. The molecular formula is C16H27N3O. The molecule has 4 nitrogen and oxygen atoms in total. The number of nitrogens with two attached hydrogens (primary N) is 1. The zero-order chi connectivity index (χ0) is 15.1. The number of benzene rings is 1. The van der Waals surface area contributed by atoms with Gasteiger partial charge in [0.25, 0.3) is 0 Å². The summed E-state index contributed by atoms with van der Waals surface area (Å²) >= 11 is 0. The van der Waals surface area contributed by atoms with Crippen molar-refractivity contribution in [1.82, 2.24) is 5.32 Å². The molecule has 0 spiro atoms. The summed E-state index contributed by atoms with van der Waals surface area (Å²) in [5.74, 6) is 0.866. The van der Waals surface area contributed by atoms with E-state index in [1.807, 2.05) is 25.1 Å². The van der Waals surface area contributed by atoms with Crippen LogP contribution in [0.4, 0.5) is 0 Å². The van der Waals surface area contributed by atoms with Gasteiger partial charge in [-0.3, -0.25) is 0 Å². The topological polar surface area (TPSA) is 70.6 Å². The third-order valence-electron chi connectivity index (χ3n) is 4.12. The summed E-state index contributed by atoms with van der Waals surface area (Å²) in [7, 11) is 0. The molecule has 0 fully saturated rings. The van der Waals surface area contributed by atoms with Gasteiger partial charge < -0.3 is 16.3 Å². The van der Waals surface area contributed by atoms with E-state index in [0.29, 0.717) is 12.0 Å². The van der Waals surface area contributed by atoms with E-state index in [4.69, 9.17) is 10.9 Å². The summed E-state index contributed by atoms with van der Waals surface area (Å²) in [5, 5.41) is 15.3. The van der Waals surface area contributed by atoms with Crippen LogP contribution in [0, 0.1) is 12.8 Å². The zero-order valence-electron chi connectivity index (χ0n) is 13.0. The maximum Gasteiger partial charge on any atom is 0.170 e. The molecule has 0 aliphatic heterocycles. The molecule has 0 bridgehead atoms. The Labute approximate surface area is 122 Å². The second-order valence-electron chi connectivity index (χ2n) is 5.37. The largest absolute Gasteiger partial charge is 0.409 e. The second-order valence-corrected chi connectivity index (χ2v) is 5.37. The van der Waals surface area contributed by atoms with Crippen LogP contribution in [-0.4, -0.2) is 17.1 Å². The molecule has 0 saturated heterocycles. The fourth-order valence-electron chi connectivity index (χ4n) is 2.54. The number of oxime groups is 1. The van der Waals surface area contributed by atoms with Gasteiger partial charge in [0.1, 0.15) is 0 Å². The number of hydrogen-bond acceptors (Lipinski definition) is 3. The normalized spacial score (nSPS) is 13.8. The van der Waals surface area contributed by atoms with E-state index < -0.39 is 0 Å². The maximum atomic E-state index is 8.69. The lowest BCUT2D eigenvalue weighted by Crippen LogP contribution is -2.32. The van der Waals surface area contributed by atoms with E-state index >= 15 is 0 Å². The van der Waals surface area contributed by atoms with Gasteiger partial charge in [-0.2, -0.15) is 0 Å². The van der Waals surface area contributed by atoms with E-state index in [-0.39, 0.29) is 5.84 Å². The number of nitrogens with zero attached hydrogens (tertiary/aromatic N) is 1. The summed E-state index contributed by atoms with van der Waals surface area (Å²) in [6.45, 7) is 9.62. The van der Waals surface area contributed by atoms with Crippen LogP contribution in [-0.2, 0) is 6.54 Å². The van der Waals surface area contributed by atoms with Crippen LogP contribution in [0.15, 0.2) is 23.4 Å². The average Bonchev–Trinajstić information content (AvgIpc) is 2.46. The van der Waals surface area contributed by atoms with Crippen molar-refractivity contribution in [3.8, 4) is 0 Å². The van der Waals surface area contributed by atoms with Gasteiger partial charge in [-0.1, -0.05) is 44.0 Å². The van der Waals surface area contributed by atoms with E-state index in [0.717, 1.165) is 17.7 Å². The van der Waals surface area contributed by atoms with Crippen LogP contribution in [0.3, 0.4) is 0 Å². The third-order valence-corrected chi connectivity index (χ3v) is 4.12. The van der Waals surface area contributed by atoms with E-state index in [1.54, 1.807) is 0 Å². The monoisotopic (exact) mass is 277 g/mol. The van der Waals surface area contributed by atoms with Crippen molar-refractivity contribution in [1.29, 1.82) is 0 Å². The number of nitrogens with one attached hydrogen (secondary N) is 1. The predicted octanol–water partition coefficient (Wildman–Crippen LogP) is 3.00. The molecule has 0 aliphatic rings. The van der Waals surface area contributed by atoms with E-state index in [9.17, 15) is 0 Å². The quantitative estimate of drug-likeness (QED) is 0.310. The van der Waals surface area contributed by atoms with Crippen LogP contribution in [0.25, 0.3) is 0 Å². The summed E-state index contributed by atoms with van der Waals surface area (Å²) in [6, 6.07) is 6.39. The minimum Gasteiger partial charge on any atom is -0.409 e. The van der Waals surface area contributed by atoms with Crippen LogP contribution in [0.1, 0.15) is 50.3 Å². The SMILES string of the molecule is CCC(CC)C(C)NCc1ccc(/C(N)=N/O)cc1C. The maximum absolute atomic E-state index is 8.69. The minimum atomic E-state index is 0.151. The Balaban J connectivity index is 2.70. The Kier molecular flexibility index (Phi) is 6.52. The first-order chi connectivity index (χ1) is 9.53. The molecule has 20 heavy (non-hydrogen) atoms. The number of amidine groups is 1. The highest BCUT2D eigenvalue weighted by Crippen LogP contribution is 2.15. The molecule has 1 aromatic rings. The van der Waals surface area contributed by atoms with Gasteiger partial charge in [-0.25, -0.2) is 0 Å². The lowest BCUT2D eigenvalue weighted by molar-refractivity contribution is 0.318. The highest BCUT2D eigenvalue weighted by atomic mass is 16.4. The van der Waals surface area contributed by atoms with Crippen LogP contribution in [0.5, 0.6) is 0 Å². The molecule has 1 atom stereocenters. The van der Waals surface area contributed by atoms with Gasteiger partial charge >= 0.3 is 0 Å². The lowest BCUT2D eigenvalue weighted by atomic mass is 9.95. The molecule has 0 aliphatic carbocycles. The van der Waals surface area contributed by atoms with Crippen molar-refractivity contribution < 1.29 is 5.21 Å². The van der Waals surface area contributed by atoms with Gasteiger partial charge in [0.05, 0.1) is 0 Å². The Hall–Kier alpha value is -1.55. The number of hydrogen-bond donors (Lipinski definition) is 3. The fourth-order valence-corrected chi connectivity index (χ4v) is 2.54. The first-order valence-corrected chi connectivity index (χ1v) is 7.34. The molecule has 0 heterocycles. The summed E-state index contributed by atoms with van der Waals surface area (Å²) in [6.07, 6.45) is 2.40. The first kappa shape index (κ1) is 16.5. The molecule has 112 valence electrons. The third kappa shape index (κ3) is 4.23. The van der Waals surface area contributed by atoms with Gasteiger partial charge in [-0.15, -0.1) is 0 Å². The van der Waals surface area contributed by atoms with Gasteiger partial charge in [0.2, 0.25) is 0 Å².